The van der Waals surface area contributed by atoms with Gasteiger partial charge in [0.1, 0.15) is 11.6 Å². The number of carbonyl (C=O) groups excluding carboxylic acids is 1. The van der Waals surface area contributed by atoms with Gasteiger partial charge in [-0.05, 0) is 60.5 Å². The molecule has 0 radical (unpaired) electrons. The van der Waals surface area contributed by atoms with Crippen LogP contribution in [0.15, 0.2) is 36.3 Å². The number of fused-ring (bicyclic) bond motifs is 2. The summed E-state index contributed by atoms with van der Waals surface area (Å²) in [5.41, 5.74) is -7.69. The third kappa shape index (κ3) is 4.48. The number of Topliss-reactive ketones (excluding diaryl/α,β-unsaturated/α-hetero) is 1. The number of alkyl halides is 2. The molecule has 2 aliphatic rings. The highest BCUT2D eigenvalue weighted by Gasteiger charge is 2.52. The number of benzene rings is 2. The van der Waals surface area contributed by atoms with Crippen LogP contribution in [0.2, 0.25) is 0 Å². The van der Waals surface area contributed by atoms with Gasteiger partial charge in [-0.1, -0.05) is 26.8 Å². The van der Waals surface area contributed by atoms with E-state index in [9.17, 15) is 23.8 Å². The van der Waals surface area contributed by atoms with E-state index < -0.39 is 131 Å². The third-order valence-corrected chi connectivity index (χ3v) is 6.27. The number of hydrogen-bond donors (Lipinski definition) is 2. The fraction of sp³-hybridized carbons (Fsp3) is 0.464. The predicted molar refractivity (Wildman–Crippen MR) is 131 cm³/mol. The molecular weight excluding hydrogens is 487 g/mol. The molecule has 1 aliphatic heterocycles. The Kier molecular flexibility index (Phi) is 3.50. The maximum absolute atomic E-state index is 16.2. The van der Waals surface area contributed by atoms with Gasteiger partial charge in [-0.15, -0.1) is 8.78 Å². The average molecular weight is 530 g/mol. The molecule has 2 N–H and O–H groups in total. The number of hydrogen-bond acceptors (Lipinski definition) is 5. The minimum Gasteiger partial charge on any atom is -0.395 e. The second-order valence-electron chi connectivity index (χ2n) is 9.10. The molecule has 3 aromatic rings. The molecule has 6 nitrogen and oxygen atoms in total. The lowest BCUT2D eigenvalue weighted by Gasteiger charge is -2.26. The number of carbonyl (C=O) groups is 1. The molecule has 198 valence electrons. The van der Waals surface area contributed by atoms with Crippen LogP contribution in [-0.2, 0) is 28.5 Å². The summed E-state index contributed by atoms with van der Waals surface area (Å²) in [4.78, 5) is 14.0. The van der Waals surface area contributed by atoms with Crippen LogP contribution in [-0.4, -0.2) is 39.5 Å². The van der Waals surface area contributed by atoms with Crippen molar-refractivity contribution in [3.8, 4) is 11.5 Å². The van der Waals surface area contributed by atoms with E-state index in [2.05, 4.69) is 9.47 Å². The van der Waals surface area contributed by atoms with Gasteiger partial charge in [-0.2, -0.15) is 0 Å². The first-order valence-corrected chi connectivity index (χ1v) is 11.1. The van der Waals surface area contributed by atoms with Crippen LogP contribution >= 0.6 is 0 Å². The summed E-state index contributed by atoms with van der Waals surface area (Å²) in [5.74, 6) is -4.21. The largest absolute Gasteiger partial charge is 0.586 e. The summed E-state index contributed by atoms with van der Waals surface area (Å²) in [6, 6.07) is -0.534. The van der Waals surface area contributed by atoms with E-state index in [-0.39, 0.29) is 0 Å². The van der Waals surface area contributed by atoms with E-state index in [1.54, 1.807) is 0 Å². The topological polar surface area (TPSA) is 80.9 Å². The Bertz CT molecular complexity index is 1910. The number of aliphatic hydroxyl groups is 2. The van der Waals surface area contributed by atoms with Crippen molar-refractivity contribution in [2.45, 2.75) is 76.0 Å². The van der Waals surface area contributed by atoms with Crippen molar-refractivity contribution in [3.05, 3.63) is 59.0 Å². The van der Waals surface area contributed by atoms with Crippen LogP contribution in [0.5, 0.6) is 11.5 Å². The Balaban J connectivity index is 1.77. The summed E-state index contributed by atoms with van der Waals surface area (Å²) in [6.45, 7) is -1.56. The maximum Gasteiger partial charge on any atom is 0.586 e. The molecule has 9 heteroatoms. The van der Waals surface area contributed by atoms with Crippen LogP contribution in [0.4, 0.5) is 13.2 Å². The molecule has 2 aromatic carbocycles. The van der Waals surface area contributed by atoms with Gasteiger partial charge in [0.25, 0.3) is 0 Å². The summed E-state index contributed by atoms with van der Waals surface area (Å²) in [6.07, 6.45) is -17.2. The number of ketones is 1. The van der Waals surface area contributed by atoms with Crippen LogP contribution in [0.1, 0.15) is 73.2 Å². The smallest absolute Gasteiger partial charge is 0.395 e. The van der Waals surface area contributed by atoms with E-state index in [1.807, 2.05) is 0 Å². The first-order chi connectivity index (χ1) is 22.0. The van der Waals surface area contributed by atoms with Gasteiger partial charge in [0, 0.05) is 31.1 Å². The highest BCUT2D eigenvalue weighted by Crippen LogP contribution is 2.52. The van der Waals surface area contributed by atoms with Crippen molar-refractivity contribution in [3.63, 3.8) is 0 Å². The molecular formula is C28H30F3NO5. The summed E-state index contributed by atoms with van der Waals surface area (Å²) < 4.78 is 155. The summed E-state index contributed by atoms with van der Waals surface area (Å²) in [7, 11) is 0. The quantitative estimate of drug-likeness (QED) is 0.409. The molecule has 5 rings (SSSR count). The van der Waals surface area contributed by atoms with E-state index in [0.717, 1.165) is 25.1 Å². The van der Waals surface area contributed by atoms with Crippen LogP contribution in [0.25, 0.3) is 10.9 Å². The zero-order valence-electron chi connectivity index (χ0n) is 31.8. The fourth-order valence-electron chi connectivity index (χ4n) is 3.99. The lowest BCUT2D eigenvalue weighted by Crippen LogP contribution is -2.26. The fourth-order valence-corrected chi connectivity index (χ4v) is 3.99. The van der Waals surface area contributed by atoms with E-state index in [0.29, 0.717) is 4.57 Å². The van der Waals surface area contributed by atoms with Gasteiger partial charge < -0.3 is 24.3 Å². The Morgan fingerprint density at radius 2 is 2.00 bits per heavy atom. The Hall–Kier alpha value is -3.04. The monoisotopic (exact) mass is 529 g/mol. The van der Waals surface area contributed by atoms with Gasteiger partial charge in [-0.3, -0.25) is 4.79 Å². The standard InChI is InChI=1S/C28H30F3NO5/c1-4-26(2,3)24-10-17-9-16(20(29)13-21(17)32(24)14-19(34)15-33)11-25(35)27(7-8-27)18-5-6-22-23(12-18)37-28(30,31)36-22/h5-6,9-10,12-13,19,33-34H,4,7-8,11,14-15H2,1-3H3/t19-/m0/s1/i4D2,7D2,8D2,9D,10D,13D,14D2,19D. The predicted octanol–water partition coefficient (Wildman–Crippen LogP) is 4.99. The average Bonchev–Trinajstić information content (AvgIpc) is 3.23. The Morgan fingerprint density at radius 1 is 1.30 bits per heavy atom. The molecule has 1 atom stereocenters. The summed E-state index contributed by atoms with van der Waals surface area (Å²) in [5, 5.41) is 19.5. The molecule has 1 fully saturated rings. The van der Waals surface area contributed by atoms with Crippen molar-refractivity contribution in [1.29, 1.82) is 0 Å². The van der Waals surface area contributed by atoms with Gasteiger partial charge in [0.2, 0.25) is 0 Å². The van der Waals surface area contributed by atoms with Gasteiger partial charge in [0.15, 0.2) is 11.5 Å². The Morgan fingerprint density at radius 3 is 2.65 bits per heavy atom. The van der Waals surface area contributed by atoms with Crippen LogP contribution in [0.3, 0.4) is 0 Å². The third-order valence-electron chi connectivity index (χ3n) is 6.27. The van der Waals surface area contributed by atoms with Crippen LogP contribution in [0, 0.1) is 5.82 Å². The molecule has 0 spiro atoms. The second kappa shape index (κ2) is 8.77. The molecule has 1 aliphatic carbocycles. The lowest BCUT2D eigenvalue weighted by atomic mass is 9.86. The Labute approximate surface area is 229 Å². The number of rotatable bonds is 9. The zero-order valence-corrected chi connectivity index (χ0v) is 19.8. The van der Waals surface area contributed by atoms with Crippen molar-refractivity contribution in [2.24, 2.45) is 0 Å². The first-order valence-electron chi connectivity index (χ1n) is 17.1. The zero-order chi connectivity index (χ0) is 37.5. The van der Waals surface area contributed by atoms with Gasteiger partial charge in [0.05, 0.1) is 38.3 Å². The number of aliphatic hydroxyl groups excluding tert-OH is 1. The number of aromatic nitrogens is 1. The van der Waals surface area contributed by atoms with Crippen molar-refractivity contribution < 1.29 is 54.1 Å². The molecule has 0 amide bonds. The number of halogens is 3. The second-order valence-corrected chi connectivity index (χ2v) is 9.10. The minimum atomic E-state index is -4.11. The van der Waals surface area contributed by atoms with E-state index >= 15 is 4.39 Å². The molecule has 2 heterocycles. The van der Waals surface area contributed by atoms with Gasteiger partial charge >= 0.3 is 6.29 Å². The molecule has 0 bridgehead atoms. The summed E-state index contributed by atoms with van der Waals surface area (Å²) >= 11 is 0. The van der Waals surface area contributed by atoms with E-state index in [1.165, 1.54) is 13.8 Å². The highest BCUT2D eigenvalue weighted by atomic mass is 19.3. The SMILES string of the molecule is [2H]c1c(CC(=O)C2(c3ccc4c(c3)OC(F)(F)O4)C([2H])([2H])C2([2H])[2H])c(F)c([2H])c2c1c([2H])c(C(C)(C)C([2H])([2H])C)n2C([2H])([2H])[C@]([2H])(O)CO. The maximum atomic E-state index is 16.2. The molecule has 1 aromatic heterocycles. The highest BCUT2D eigenvalue weighted by molar-refractivity contribution is 5.95. The normalized spacial score (nSPS) is 27.4. The molecule has 37 heavy (non-hydrogen) atoms. The minimum absolute atomic E-state index is 0.312. The van der Waals surface area contributed by atoms with Crippen molar-refractivity contribution in [2.75, 3.05) is 6.61 Å². The van der Waals surface area contributed by atoms with Crippen molar-refractivity contribution in [1.82, 2.24) is 4.57 Å². The van der Waals surface area contributed by atoms with Crippen LogP contribution < -0.4 is 9.47 Å². The number of ether oxygens (including phenoxy) is 2. The number of nitrogens with zero attached hydrogens (tertiary/aromatic N) is 1. The lowest BCUT2D eigenvalue weighted by molar-refractivity contribution is -0.286. The van der Waals surface area contributed by atoms with Gasteiger partial charge in [-0.25, -0.2) is 4.39 Å². The molecule has 0 saturated heterocycles. The molecule has 0 unspecified atom stereocenters. The first kappa shape index (κ1) is 14.8. The van der Waals surface area contributed by atoms with E-state index in [4.69, 9.17) is 16.4 Å². The van der Waals surface area contributed by atoms with Crippen molar-refractivity contribution >= 4 is 16.7 Å². The molecule has 1 saturated carbocycles.